The molecule has 10 nitrogen and oxygen atoms in total. The van der Waals surface area contributed by atoms with Crippen LogP contribution in [0, 0.1) is 0 Å². The van der Waals surface area contributed by atoms with E-state index in [1.165, 1.54) is 13.1 Å². The van der Waals surface area contributed by atoms with Crippen LogP contribution in [0.25, 0.3) is 0 Å². The first-order chi connectivity index (χ1) is 18.2. The molecule has 3 aromatic carbocycles. The zero-order valence-corrected chi connectivity index (χ0v) is 22.1. The third-order valence-corrected chi connectivity index (χ3v) is 6.43. The van der Waals surface area contributed by atoms with Gasteiger partial charge in [-0.25, -0.2) is 13.8 Å². The van der Waals surface area contributed by atoms with E-state index >= 15 is 0 Å². The van der Waals surface area contributed by atoms with E-state index in [9.17, 15) is 18.0 Å². The second-order valence-electron chi connectivity index (χ2n) is 8.17. The van der Waals surface area contributed by atoms with Crippen LogP contribution < -0.4 is 24.5 Å². The average molecular weight is 539 g/mol. The van der Waals surface area contributed by atoms with E-state index in [2.05, 4.69) is 15.8 Å². The van der Waals surface area contributed by atoms with Crippen LogP contribution in [0.3, 0.4) is 0 Å². The number of nitrogens with one attached hydrogen (secondary N) is 2. The molecular formula is C27H30N4O6S. The van der Waals surface area contributed by atoms with E-state index in [4.69, 9.17) is 9.47 Å². The highest BCUT2D eigenvalue weighted by molar-refractivity contribution is 7.92. The second kappa shape index (κ2) is 13.2. The zero-order chi connectivity index (χ0) is 27.5. The Morgan fingerprint density at radius 2 is 1.55 bits per heavy atom. The largest absolute Gasteiger partial charge is 0.494 e. The molecule has 0 spiro atoms. The predicted molar refractivity (Wildman–Crippen MR) is 147 cm³/mol. The SMILES string of the molecule is CCOc1ccc(N([C@H](C)C(=O)N/N=C\c2ccc(OCC(=O)Nc3ccccc3)cc2)S(C)(=O)=O)cc1. The van der Waals surface area contributed by atoms with Crippen LogP contribution in [0.2, 0.25) is 0 Å². The van der Waals surface area contributed by atoms with Crippen molar-refractivity contribution in [1.82, 2.24) is 5.43 Å². The predicted octanol–water partition coefficient (Wildman–Crippen LogP) is 3.41. The molecule has 38 heavy (non-hydrogen) atoms. The number of rotatable bonds is 12. The van der Waals surface area contributed by atoms with Crippen molar-refractivity contribution in [2.75, 3.05) is 29.1 Å². The number of benzene rings is 3. The Labute approximate surface area is 222 Å². The number of sulfonamides is 1. The Kier molecular flexibility index (Phi) is 9.83. The first-order valence-corrected chi connectivity index (χ1v) is 13.6. The van der Waals surface area contributed by atoms with Crippen LogP contribution >= 0.6 is 0 Å². The Morgan fingerprint density at radius 3 is 2.16 bits per heavy atom. The lowest BCUT2D eigenvalue weighted by molar-refractivity contribution is -0.121. The van der Waals surface area contributed by atoms with Gasteiger partial charge in [0.15, 0.2) is 6.61 Å². The highest BCUT2D eigenvalue weighted by atomic mass is 32.2. The summed E-state index contributed by atoms with van der Waals surface area (Å²) >= 11 is 0. The average Bonchev–Trinajstić information content (AvgIpc) is 2.89. The van der Waals surface area contributed by atoms with E-state index in [1.54, 1.807) is 60.7 Å². The summed E-state index contributed by atoms with van der Waals surface area (Å²) in [5.74, 6) is 0.192. The number of hydrogen-bond donors (Lipinski definition) is 2. The van der Waals surface area contributed by atoms with Gasteiger partial charge >= 0.3 is 0 Å². The molecule has 3 rings (SSSR count). The fourth-order valence-electron chi connectivity index (χ4n) is 3.45. The molecule has 0 unspecified atom stereocenters. The fraction of sp³-hybridized carbons (Fsp3) is 0.222. The number of carbonyl (C=O) groups excluding carboxylic acids is 2. The molecular weight excluding hydrogens is 508 g/mol. The molecule has 0 aliphatic rings. The van der Waals surface area contributed by atoms with Gasteiger partial charge in [-0.3, -0.25) is 13.9 Å². The monoisotopic (exact) mass is 538 g/mol. The van der Waals surface area contributed by atoms with Crippen LogP contribution in [-0.4, -0.2) is 52.0 Å². The first kappa shape index (κ1) is 28.2. The summed E-state index contributed by atoms with van der Waals surface area (Å²) in [5, 5.41) is 6.67. The van der Waals surface area contributed by atoms with E-state index in [1.807, 2.05) is 25.1 Å². The molecule has 3 aromatic rings. The van der Waals surface area contributed by atoms with E-state index in [-0.39, 0.29) is 12.5 Å². The smallest absolute Gasteiger partial charge is 0.263 e. The standard InChI is InChI=1S/C27H30N4O6S/c1-4-36-24-16-12-23(13-17-24)31(38(3,34)35)20(2)27(33)30-28-18-21-10-14-25(15-11-21)37-19-26(32)29-22-8-6-5-7-9-22/h5-18,20H,4,19H2,1-3H3,(H,29,32)(H,30,33)/b28-18-/t20-/m1/s1. The van der Waals surface area contributed by atoms with Gasteiger partial charge in [0, 0.05) is 5.69 Å². The van der Waals surface area contributed by atoms with Crippen molar-refractivity contribution in [2.45, 2.75) is 19.9 Å². The molecule has 0 bridgehead atoms. The minimum absolute atomic E-state index is 0.151. The molecule has 0 saturated carbocycles. The van der Waals surface area contributed by atoms with Crippen molar-refractivity contribution in [1.29, 1.82) is 0 Å². The number of hydrogen-bond acceptors (Lipinski definition) is 7. The summed E-state index contributed by atoms with van der Waals surface area (Å²) < 4.78 is 36.8. The molecule has 0 radical (unpaired) electrons. The first-order valence-electron chi connectivity index (χ1n) is 11.8. The van der Waals surface area contributed by atoms with Gasteiger partial charge < -0.3 is 14.8 Å². The molecule has 0 saturated heterocycles. The van der Waals surface area contributed by atoms with Crippen LogP contribution in [0.15, 0.2) is 84.0 Å². The Hall–Kier alpha value is -4.38. The van der Waals surface area contributed by atoms with Crippen molar-refractivity contribution >= 4 is 39.4 Å². The minimum atomic E-state index is -3.76. The lowest BCUT2D eigenvalue weighted by Crippen LogP contribution is -2.46. The fourth-order valence-corrected chi connectivity index (χ4v) is 4.62. The number of hydrazone groups is 1. The molecule has 2 N–H and O–H groups in total. The quantitative estimate of drug-likeness (QED) is 0.269. The summed E-state index contributed by atoms with van der Waals surface area (Å²) in [4.78, 5) is 24.7. The lowest BCUT2D eigenvalue weighted by Gasteiger charge is -2.27. The molecule has 0 aromatic heterocycles. The van der Waals surface area contributed by atoms with Crippen molar-refractivity contribution in [3.63, 3.8) is 0 Å². The second-order valence-corrected chi connectivity index (χ2v) is 10.0. The molecule has 0 aliphatic heterocycles. The van der Waals surface area contributed by atoms with Gasteiger partial charge in [0.05, 0.1) is 24.8 Å². The molecule has 0 fully saturated rings. The van der Waals surface area contributed by atoms with Gasteiger partial charge in [-0.2, -0.15) is 5.10 Å². The van der Waals surface area contributed by atoms with Crippen LogP contribution in [0.4, 0.5) is 11.4 Å². The normalized spacial score (nSPS) is 12.0. The molecule has 0 heterocycles. The maximum atomic E-state index is 12.7. The van der Waals surface area contributed by atoms with Crippen molar-refractivity contribution in [3.05, 3.63) is 84.4 Å². The molecule has 200 valence electrons. The number of carbonyl (C=O) groups is 2. The molecule has 0 aliphatic carbocycles. The molecule has 2 amide bonds. The topological polar surface area (TPSA) is 126 Å². The highest BCUT2D eigenvalue weighted by Crippen LogP contribution is 2.24. The van der Waals surface area contributed by atoms with Gasteiger partial charge in [-0.05, 0) is 80.1 Å². The maximum absolute atomic E-state index is 12.7. The van der Waals surface area contributed by atoms with E-state index in [0.717, 1.165) is 10.6 Å². The Bertz CT molecular complexity index is 1340. The van der Waals surface area contributed by atoms with Crippen molar-refractivity contribution < 1.29 is 27.5 Å². The molecule has 11 heteroatoms. The third kappa shape index (κ3) is 8.34. The summed E-state index contributed by atoms with van der Waals surface area (Å²) in [6.07, 6.45) is 2.45. The van der Waals surface area contributed by atoms with Crippen LogP contribution in [-0.2, 0) is 19.6 Å². The number of anilines is 2. The number of nitrogens with zero attached hydrogens (tertiary/aromatic N) is 2. The van der Waals surface area contributed by atoms with Crippen molar-refractivity contribution in [2.24, 2.45) is 5.10 Å². The summed E-state index contributed by atoms with van der Waals surface area (Å²) in [6.45, 7) is 3.65. The maximum Gasteiger partial charge on any atom is 0.263 e. The van der Waals surface area contributed by atoms with Gasteiger partial charge in [-0.1, -0.05) is 18.2 Å². The number of amides is 2. The minimum Gasteiger partial charge on any atom is -0.494 e. The number of para-hydroxylation sites is 1. The Morgan fingerprint density at radius 1 is 0.947 bits per heavy atom. The Balaban J connectivity index is 1.54. The van der Waals surface area contributed by atoms with Crippen molar-refractivity contribution in [3.8, 4) is 11.5 Å². The zero-order valence-electron chi connectivity index (χ0n) is 21.3. The van der Waals surface area contributed by atoms with Gasteiger partial charge in [0.1, 0.15) is 17.5 Å². The summed E-state index contributed by atoms with van der Waals surface area (Å²) in [7, 11) is -3.76. The van der Waals surface area contributed by atoms with Crippen LogP contribution in [0.1, 0.15) is 19.4 Å². The van der Waals surface area contributed by atoms with Crippen LogP contribution in [0.5, 0.6) is 11.5 Å². The van der Waals surface area contributed by atoms with Gasteiger partial charge in [-0.15, -0.1) is 0 Å². The molecule has 1 atom stereocenters. The third-order valence-electron chi connectivity index (χ3n) is 5.19. The van der Waals surface area contributed by atoms with Gasteiger partial charge in [0.25, 0.3) is 11.8 Å². The van der Waals surface area contributed by atoms with Gasteiger partial charge in [0.2, 0.25) is 10.0 Å². The number of ether oxygens (including phenoxy) is 2. The lowest BCUT2D eigenvalue weighted by atomic mass is 10.2. The van der Waals surface area contributed by atoms with E-state index < -0.39 is 22.0 Å². The summed E-state index contributed by atoms with van der Waals surface area (Å²) in [6, 6.07) is 21.2. The summed E-state index contributed by atoms with van der Waals surface area (Å²) in [5.41, 5.74) is 4.05. The highest BCUT2D eigenvalue weighted by Gasteiger charge is 2.29. The van der Waals surface area contributed by atoms with E-state index in [0.29, 0.717) is 35.0 Å².